The van der Waals surface area contributed by atoms with Gasteiger partial charge in [-0.15, -0.1) is 0 Å². The number of nitrogens with one attached hydrogen (secondary N) is 1. The zero-order valence-corrected chi connectivity index (χ0v) is 12.5. The molecule has 1 amide bonds. The van der Waals surface area contributed by atoms with E-state index in [9.17, 15) is 4.79 Å². The molecule has 1 N–H and O–H groups in total. The van der Waals surface area contributed by atoms with Gasteiger partial charge in [0.2, 0.25) is 5.91 Å². The highest BCUT2D eigenvalue weighted by Crippen LogP contribution is 2.37. The predicted molar refractivity (Wildman–Crippen MR) is 75.3 cm³/mol. The van der Waals surface area contributed by atoms with Crippen molar-refractivity contribution in [2.45, 2.75) is 38.5 Å². The second-order valence-corrected chi connectivity index (χ2v) is 6.26. The van der Waals surface area contributed by atoms with Crippen molar-refractivity contribution < 1.29 is 4.79 Å². The lowest BCUT2D eigenvalue weighted by molar-refractivity contribution is -0.121. The number of amides is 1. The van der Waals surface area contributed by atoms with Crippen LogP contribution >= 0.6 is 27.7 Å². The van der Waals surface area contributed by atoms with Crippen LogP contribution in [0.1, 0.15) is 38.5 Å². The molecule has 0 aromatic heterocycles. The van der Waals surface area contributed by atoms with Gasteiger partial charge in [0, 0.05) is 24.0 Å². The highest BCUT2D eigenvalue weighted by atomic mass is 79.9. The fourth-order valence-electron chi connectivity index (χ4n) is 2.23. The lowest BCUT2D eigenvalue weighted by Crippen LogP contribution is -2.40. The maximum absolute atomic E-state index is 11.6. The van der Waals surface area contributed by atoms with Crippen molar-refractivity contribution in [1.82, 2.24) is 5.32 Å². The van der Waals surface area contributed by atoms with Gasteiger partial charge in [-0.05, 0) is 24.5 Å². The van der Waals surface area contributed by atoms with Crippen LogP contribution in [-0.4, -0.2) is 29.8 Å². The average molecular weight is 308 g/mol. The first-order valence-electron chi connectivity index (χ1n) is 6.04. The van der Waals surface area contributed by atoms with Crippen LogP contribution in [-0.2, 0) is 4.79 Å². The molecule has 94 valence electrons. The second kappa shape index (κ2) is 7.59. The Morgan fingerprint density at radius 1 is 1.38 bits per heavy atom. The van der Waals surface area contributed by atoms with Gasteiger partial charge in [-0.1, -0.05) is 35.2 Å². The summed E-state index contributed by atoms with van der Waals surface area (Å²) in [7, 11) is 0. The van der Waals surface area contributed by atoms with Crippen LogP contribution in [0.25, 0.3) is 0 Å². The van der Waals surface area contributed by atoms with E-state index >= 15 is 0 Å². The molecule has 0 heterocycles. The van der Waals surface area contributed by atoms with Crippen molar-refractivity contribution in [3.05, 3.63) is 0 Å². The molecule has 1 aliphatic rings. The third-order valence-electron chi connectivity index (χ3n) is 3.39. The lowest BCUT2D eigenvalue weighted by Gasteiger charge is -2.35. The summed E-state index contributed by atoms with van der Waals surface area (Å²) < 4.78 is 0. The van der Waals surface area contributed by atoms with Gasteiger partial charge in [0.25, 0.3) is 0 Å². The molecule has 16 heavy (non-hydrogen) atoms. The fourth-order valence-corrected chi connectivity index (χ4v) is 3.38. The van der Waals surface area contributed by atoms with Crippen LogP contribution in [0, 0.1) is 5.41 Å². The van der Waals surface area contributed by atoms with E-state index in [1.54, 1.807) is 11.8 Å². The molecular weight excluding hydrogens is 286 g/mol. The summed E-state index contributed by atoms with van der Waals surface area (Å²) in [6.07, 6.45) is 9.17. The molecule has 0 unspecified atom stereocenters. The Morgan fingerprint density at radius 2 is 2.06 bits per heavy atom. The van der Waals surface area contributed by atoms with E-state index in [0.29, 0.717) is 11.8 Å². The smallest absolute Gasteiger partial charge is 0.220 e. The van der Waals surface area contributed by atoms with Crippen LogP contribution < -0.4 is 5.32 Å². The van der Waals surface area contributed by atoms with Crippen molar-refractivity contribution in [1.29, 1.82) is 0 Å². The molecule has 1 fully saturated rings. The third kappa shape index (κ3) is 4.66. The third-order valence-corrected chi connectivity index (χ3v) is 5.19. The van der Waals surface area contributed by atoms with Crippen molar-refractivity contribution in [2.24, 2.45) is 5.41 Å². The van der Waals surface area contributed by atoms with E-state index in [1.807, 2.05) is 6.26 Å². The standard InChI is InChI=1S/C12H22BrNOS/c1-16-8-5-11(15)14-10-12(9-13)6-3-2-4-7-12/h2-10H2,1H3,(H,14,15). The molecule has 0 atom stereocenters. The van der Waals surface area contributed by atoms with Gasteiger partial charge < -0.3 is 5.32 Å². The minimum atomic E-state index is 0.209. The lowest BCUT2D eigenvalue weighted by atomic mass is 9.75. The first kappa shape index (κ1) is 14.4. The number of carbonyl (C=O) groups excluding carboxylic acids is 1. The second-order valence-electron chi connectivity index (χ2n) is 4.71. The molecule has 0 aliphatic heterocycles. The van der Waals surface area contributed by atoms with Crippen molar-refractivity contribution in [3.63, 3.8) is 0 Å². The predicted octanol–water partition coefficient (Wildman–Crippen LogP) is 3.20. The SMILES string of the molecule is CSCCC(=O)NCC1(CBr)CCCCC1. The summed E-state index contributed by atoms with van der Waals surface area (Å²) in [6.45, 7) is 0.853. The summed E-state index contributed by atoms with van der Waals surface area (Å²) in [5.41, 5.74) is 0.327. The van der Waals surface area contributed by atoms with Crippen LogP contribution in [0.3, 0.4) is 0 Å². The quantitative estimate of drug-likeness (QED) is 0.764. The molecule has 0 aromatic carbocycles. The Balaban J connectivity index is 2.30. The largest absolute Gasteiger partial charge is 0.355 e. The molecule has 0 radical (unpaired) electrons. The summed E-state index contributed by atoms with van der Waals surface area (Å²) in [5, 5.41) is 4.11. The van der Waals surface area contributed by atoms with Gasteiger partial charge in [-0.3, -0.25) is 4.79 Å². The number of thioether (sulfide) groups is 1. The molecule has 4 heteroatoms. The number of rotatable bonds is 6. The highest BCUT2D eigenvalue weighted by Gasteiger charge is 2.31. The Morgan fingerprint density at radius 3 is 2.62 bits per heavy atom. The minimum absolute atomic E-state index is 0.209. The molecule has 1 aliphatic carbocycles. The zero-order valence-electron chi connectivity index (χ0n) is 10.1. The average Bonchev–Trinajstić information content (AvgIpc) is 2.35. The van der Waals surface area contributed by atoms with Gasteiger partial charge in [0.1, 0.15) is 0 Å². The van der Waals surface area contributed by atoms with E-state index in [4.69, 9.17) is 0 Å². The zero-order chi connectivity index (χ0) is 11.9. The number of alkyl halides is 1. The topological polar surface area (TPSA) is 29.1 Å². The molecule has 0 bridgehead atoms. The van der Waals surface area contributed by atoms with E-state index in [2.05, 4.69) is 21.2 Å². The van der Waals surface area contributed by atoms with Crippen LogP contribution in [0.2, 0.25) is 0 Å². The number of hydrogen-bond acceptors (Lipinski definition) is 2. The van der Waals surface area contributed by atoms with Gasteiger partial charge >= 0.3 is 0 Å². The Hall–Kier alpha value is 0.300. The molecule has 0 saturated heterocycles. The Labute approximate surface area is 111 Å². The van der Waals surface area contributed by atoms with E-state index in [1.165, 1.54) is 32.1 Å². The summed E-state index contributed by atoms with van der Waals surface area (Å²) in [6, 6.07) is 0. The molecule has 0 spiro atoms. The maximum Gasteiger partial charge on any atom is 0.220 e. The van der Waals surface area contributed by atoms with Crippen LogP contribution in [0.15, 0.2) is 0 Å². The van der Waals surface area contributed by atoms with Gasteiger partial charge in [0.05, 0.1) is 0 Å². The summed E-state index contributed by atoms with van der Waals surface area (Å²) in [4.78, 5) is 11.6. The minimum Gasteiger partial charge on any atom is -0.355 e. The fraction of sp³-hybridized carbons (Fsp3) is 0.917. The van der Waals surface area contributed by atoms with Crippen molar-refractivity contribution in [2.75, 3.05) is 23.9 Å². The first-order valence-corrected chi connectivity index (χ1v) is 8.55. The number of carbonyl (C=O) groups is 1. The summed E-state index contributed by atoms with van der Waals surface area (Å²) >= 11 is 5.34. The van der Waals surface area contributed by atoms with E-state index in [0.717, 1.165) is 17.6 Å². The van der Waals surface area contributed by atoms with Gasteiger partial charge in [0.15, 0.2) is 0 Å². The van der Waals surface area contributed by atoms with E-state index < -0.39 is 0 Å². The maximum atomic E-state index is 11.6. The Kier molecular flexibility index (Phi) is 6.81. The van der Waals surface area contributed by atoms with Crippen molar-refractivity contribution >= 4 is 33.6 Å². The number of halogens is 1. The molecule has 2 nitrogen and oxygen atoms in total. The monoisotopic (exact) mass is 307 g/mol. The Bertz CT molecular complexity index is 217. The van der Waals surface area contributed by atoms with Gasteiger partial charge in [-0.25, -0.2) is 0 Å². The van der Waals surface area contributed by atoms with Crippen LogP contribution in [0.4, 0.5) is 0 Å². The molecule has 0 aromatic rings. The van der Waals surface area contributed by atoms with Crippen LogP contribution in [0.5, 0.6) is 0 Å². The highest BCUT2D eigenvalue weighted by molar-refractivity contribution is 9.09. The molecule has 1 saturated carbocycles. The summed E-state index contributed by atoms with van der Waals surface area (Å²) in [5.74, 6) is 1.13. The molecule has 1 rings (SSSR count). The van der Waals surface area contributed by atoms with E-state index in [-0.39, 0.29) is 5.91 Å². The van der Waals surface area contributed by atoms with Crippen molar-refractivity contribution in [3.8, 4) is 0 Å². The van der Waals surface area contributed by atoms with Gasteiger partial charge in [-0.2, -0.15) is 11.8 Å². The number of hydrogen-bond donors (Lipinski definition) is 1. The normalized spacial score (nSPS) is 19.4. The first-order chi connectivity index (χ1) is 7.72. The molecular formula is C12H22BrNOS.